The Morgan fingerprint density at radius 1 is 1.08 bits per heavy atom. The number of anilines is 1. The number of nitrogens with zero attached hydrogens (tertiary/aromatic N) is 1. The highest BCUT2D eigenvalue weighted by molar-refractivity contribution is 7.20. The molecule has 0 atom stereocenters. The topological polar surface area (TPSA) is 108 Å². The molecule has 1 fully saturated rings. The summed E-state index contributed by atoms with van der Waals surface area (Å²) in [6.07, 6.45) is 4.52. The maximum Gasteiger partial charge on any atom is 0.414 e. The molecule has 0 saturated heterocycles. The first-order chi connectivity index (χ1) is 17.9. The number of hydrogen-bond acceptors (Lipinski definition) is 6. The van der Waals surface area contributed by atoms with Crippen LogP contribution in [0, 0.1) is 0 Å². The standard InChI is InChI=1S/C28H31N5O3S/c1-28(2,20-8-4-3-5-9-20)31-27(35)36-23-16-22-24(32-33-26(22)37-23)30-25(34)19-14-12-18(13-15-19)17-29-21-10-6-7-11-21/h3-5,8-9,12-16,21,29H,6-7,10-11,17H2,1-2H3,(H,31,35)(H2,30,32,33,34). The molecule has 2 heterocycles. The minimum Gasteiger partial charge on any atom is -0.399 e. The number of nitrogens with one attached hydrogen (secondary N) is 4. The lowest BCUT2D eigenvalue weighted by Crippen LogP contribution is -2.42. The molecule has 37 heavy (non-hydrogen) atoms. The van der Waals surface area contributed by atoms with Gasteiger partial charge in [-0.3, -0.25) is 9.89 Å². The molecule has 0 radical (unpaired) electrons. The number of amides is 2. The smallest absolute Gasteiger partial charge is 0.399 e. The van der Waals surface area contributed by atoms with E-state index in [-0.39, 0.29) is 5.91 Å². The van der Waals surface area contributed by atoms with E-state index in [1.54, 1.807) is 6.07 Å². The van der Waals surface area contributed by atoms with Crippen molar-refractivity contribution in [1.29, 1.82) is 0 Å². The van der Waals surface area contributed by atoms with Crippen molar-refractivity contribution in [3.05, 3.63) is 77.4 Å². The van der Waals surface area contributed by atoms with Crippen molar-refractivity contribution in [2.45, 2.75) is 57.7 Å². The van der Waals surface area contributed by atoms with E-state index in [1.165, 1.54) is 37.0 Å². The molecule has 1 saturated carbocycles. The average molecular weight is 518 g/mol. The van der Waals surface area contributed by atoms with Crippen LogP contribution in [0.1, 0.15) is 61.0 Å². The highest BCUT2D eigenvalue weighted by Crippen LogP contribution is 2.35. The summed E-state index contributed by atoms with van der Waals surface area (Å²) in [4.78, 5) is 26.0. The van der Waals surface area contributed by atoms with Crippen molar-refractivity contribution in [3.8, 4) is 5.06 Å². The maximum absolute atomic E-state index is 12.8. The van der Waals surface area contributed by atoms with E-state index in [9.17, 15) is 9.59 Å². The number of thiophene rings is 1. The lowest BCUT2D eigenvalue weighted by molar-refractivity contribution is 0.102. The molecule has 2 amide bonds. The first-order valence-corrected chi connectivity index (χ1v) is 13.4. The zero-order chi connectivity index (χ0) is 25.8. The van der Waals surface area contributed by atoms with Gasteiger partial charge in [0.1, 0.15) is 5.82 Å². The van der Waals surface area contributed by atoms with Crippen LogP contribution in [0.4, 0.5) is 10.6 Å². The largest absolute Gasteiger partial charge is 0.414 e. The quantitative estimate of drug-likeness (QED) is 0.232. The predicted octanol–water partition coefficient (Wildman–Crippen LogP) is 5.93. The van der Waals surface area contributed by atoms with Gasteiger partial charge in [0.2, 0.25) is 0 Å². The van der Waals surface area contributed by atoms with E-state index >= 15 is 0 Å². The molecule has 2 aromatic heterocycles. The lowest BCUT2D eigenvalue weighted by Gasteiger charge is -2.26. The summed E-state index contributed by atoms with van der Waals surface area (Å²) in [6.45, 7) is 4.64. The van der Waals surface area contributed by atoms with Gasteiger partial charge < -0.3 is 20.7 Å². The summed E-state index contributed by atoms with van der Waals surface area (Å²) in [7, 11) is 0. The number of benzene rings is 2. The number of ether oxygens (including phenoxy) is 1. The molecule has 0 bridgehead atoms. The van der Waals surface area contributed by atoms with E-state index in [1.807, 2.05) is 68.4 Å². The van der Waals surface area contributed by atoms with Crippen molar-refractivity contribution in [3.63, 3.8) is 0 Å². The van der Waals surface area contributed by atoms with Crippen LogP contribution in [0.25, 0.3) is 10.2 Å². The average Bonchev–Trinajstić information content (AvgIpc) is 3.63. The second kappa shape index (κ2) is 10.7. The number of aromatic nitrogens is 2. The fourth-order valence-corrected chi connectivity index (χ4v) is 5.43. The zero-order valence-electron chi connectivity index (χ0n) is 21.0. The van der Waals surface area contributed by atoms with Crippen LogP contribution in [0.2, 0.25) is 0 Å². The fraction of sp³-hybridized carbons (Fsp3) is 0.321. The molecule has 0 unspecified atom stereocenters. The molecule has 2 aromatic carbocycles. The third-order valence-electron chi connectivity index (χ3n) is 6.74. The number of carbonyl (C=O) groups excluding carboxylic acids is 2. The second-order valence-electron chi connectivity index (χ2n) is 9.90. The van der Waals surface area contributed by atoms with E-state index in [4.69, 9.17) is 4.74 Å². The molecule has 192 valence electrons. The Hall–Kier alpha value is -3.69. The van der Waals surface area contributed by atoms with Crippen molar-refractivity contribution < 1.29 is 14.3 Å². The Bertz CT molecular complexity index is 1370. The summed E-state index contributed by atoms with van der Waals surface area (Å²) in [5, 5.41) is 17.5. The fourth-order valence-electron chi connectivity index (χ4n) is 4.58. The summed E-state index contributed by atoms with van der Waals surface area (Å²) in [5.41, 5.74) is 2.08. The minimum absolute atomic E-state index is 0.239. The Balaban J connectivity index is 1.19. The number of rotatable bonds is 8. The van der Waals surface area contributed by atoms with Gasteiger partial charge in [0, 0.05) is 24.2 Å². The van der Waals surface area contributed by atoms with Crippen LogP contribution in [0.3, 0.4) is 0 Å². The molecule has 8 nitrogen and oxygen atoms in total. The summed E-state index contributed by atoms with van der Waals surface area (Å²) in [5.74, 6) is 0.222. The van der Waals surface area contributed by atoms with Gasteiger partial charge in [-0.1, -0.05) is 66.6 Å². The monoisotopic (exact) mass is 517 g/mol. The molecule has 0 aliphatic heterocycles. The van der Waals surface area contributed by atoms with Crippen LogP contribution >= 0.6 is 11.3 Å². The molecular weight excluding hydrogens is 486 g/mol. The van der Waals surface area contributed by atoms with Crippen molar-refractivity contribution in [2.24, 2.45) is 0 Å². The highest BCUT2D eigenvalue weighted by Gasteiger charge is 2.24. The van der Waals surface area contributed by atoms with Gasteiger partial charge in [0.25, 0.3) is 5.91 Å². The molecule has 4 N–H and O–H groups in total. The van der Waals surface area contributed by atoms with E-state index in [0.717, 1.165) is 17.7 Å². The number of aromatic amines is 1. The van der Waals surface area contributed by atoms with Crippen LogP contribution in [0.5, 0.6) is 5.06 Å². The molecule has 1 aliphatic carbocycles. The van der Waals surface area contributed by atoms with Gasteiger partial charge >= 0.3 is 6.09 Å². The van der Waals surface area contributed by atoms with Crippen LogP contribution in [-0.2, 0) is 12.1 Å². The van der Waals surface area contributed by atoms with E-state index in [2.05, 4.69) is 26.1 Å². The van der Waals surface area contributed by atoms with Crippen molar-refractivity contribution in [1.82, 2.24) is 20.8 Å². The lowest BCUT2D eigenvalue weighted by atomic mass is 9.95. The summed E-state index contributed by atoms with van der Waals surface area (Å²) >= 11 is 1.23. The molecule has 5 rings (SSSR count). The second-order valence-corrected chi connectivity index (χ2v) is 10.9. The number of carbonyl (C=O) groups is 2. The van der Waals surface area contributed by atoms with Crippen LogP contribution in [0.15, 0.2) is 60.7 Å². The molecular formula is C28H31N5O3S. The number of fused-ring (bicyclic) bond motifs is 1. The van der Waals surface area contributed by atoms with Gasteiger partial charge in [-0.2, -0.15) is 5.10 Å². The van der Waals surface area contributed by atoms with Crippen LogP contribution in [-0.4, -0.2) is 28.2 Å². The number of H-pyrrole nitrogens is 1. The first kappa shape index (κ1) is 25.0. The van der Waals surface area contributed by atoms with Gasteiger partial charge in [-0.15, -0.1) is 0 Å². The third-order valence-corrected chi connectivity index (χ3v) is 7.64. The minimum atomic E-state index is -0.600. The molecule has 4 aromatic rings. The Morgan fingerprint density at radius 3 is 2.54 bits per heavy atom. The highest BCUT2D eigenvalue weighted by atomic mass is 32.1. The Labute approximate surface area is 219 Å². The summed E-state index contributed by atoms with van der Waals surface area (Å²) < 4.78 is 5.53. The molecule has 0 spiro atoms. The Morgan fingerprint density at radius 2 is 1.81 bits per heavy atom. The summed E-state index contributed by atoms with van der Waals surface area (Å²) in [6, 6.07) is 19.6. The van der Waals surface area contributed by atoms with E-state index < -0.39 is 11.6 Å². The Kier molecular flexibility index (Phi) is 7.25. The predicted molar refractivity (Wildman–Crippen MR) is 146 cm³/mol. The van der Waals surface area contributed by atoms with Gasteiger partial charge in [-0.05, 0) is 49.9 Å². The van der Waals surface area contributed by atoms with Gasteiger partial charge in [0.15, 0.2) is 9.89 Å². The SMILES string of the molecule is CC(C)(NC(=O)Oc1cc2c(NC(=O)c3ccc(CNC4CCCC4)cc3)[nH]nc2s1)c1ccccc1. The third kappa shape index (κ3) is 6.00. The van der Waals surface area contributed by atoms with E-state index in [0.29, 0.717) is 32.7 Å². The van der Waals surface area contributed by atoms with Crippen LogP contribution < -0.4 is 20.7 Å². The molecule has 9 heteroatoms. The maximum atomic E-state index is 12.8. The first-order valence-electron chi connectivity index (χ1n) is 12.5. The van der Waals surface area contributed by atoms with Gasteiger partial charge in [-0.25, -0.2) is 4.79 Å². The van der Waals surface area contributed by atoms with Gasteiger partial charge in [0.05, 0.1) is 10.9 Å². The number of hydrogen-bond donors (Lipinski definition) is 4. The molecule has 1 aliphatic rings. The van der Waals surface area contributed by atoms with Crippen molar-refractivity contribution >= 4 is 39.4 Å². The normalized spacial score (nSPS) is 14.1. The van der Waals surface area contributed by atoms with Crippen molar-refractivity contribution in [2.75, 3.05) is 5.32 Å². The zero-order valence-corrected chi connectivity index (χ0v) is 21.8.